The molecule has 1 aliphatic carbocycles. The molecular weight excluding hydrogens is 178 g/mol. The van der Waals surface area contributed by atoms with E-state index in [2.05, 4.69) is 19.2 Å². The van der Waals surface area contributed by atoms with Crippen LogP contribution < -0.4 is 5.32 Å². The van der Waals surface area contributed by atoms with Crippen LogP contribution >= 0.6 is 0 Å². The van der Waals surface area contributed by atoms with E-state index in [-0.39, 0.29) is 5.92 Å². The van der Waals surface area contributed by atoms with Gasteiger partial charge >= 0.3 is 5.97 Å². The molecule has 0 aromatic heterocycles. The fourth-order valence-electron chi connectivity index (χ4n) is 1.70. The maximum absolute atomic E-state index is 10.5. The predicted octanol–water partition coefficient (Wildman–Crippen LogP) is 1.73. The Morgan fingerprint density at radius 3 is 2.79 bits per heavy atom. The summed E-state index contributed by atoms with van der Waals surface area (Å²) in [6.45, 7) is 6.36. The van der Waals surface area contributed by atoms with Crippen molar-refractivity contribution in [1.82, 2.24) is 5.32 Å². The van der Waals surface area contributed by atoms with Crippen LogP contribution in [0.4, 0.5) is 0 Å². The average molecular weight is 199 g/mol. The molecular formula is C11H21NO2. The molecule has 14 heavy (non-hydrogen) atoms. The third-order valence-corrected chi connectivity index (χ3v) is 2.78. The summed E-state index contributed by atoms with van der Waals surface area (Å²) in [6, 6.07) is 0. The number of hydrogen-bond acceptors (Lipinski definition) is 2. The molecule has 3 heteroatoms. The molecule has 1 fully saturated rings. The second kappa shape index (κ2) is 5.35. The molecule has 0 aromatic rings. The molecule has 0 spiro atoms. The van der Waals surface area contributed by atoms with Crippen molar-refractivity contribution in [1.29, 1.82) is 0 Å². The molecule has 0 aromatic carbocycles. The van der Waals surface area contributed by atoms with Crippen LogP contribution in [0, 0.1) is 17.8 Å². The van der Waals surface area contributed by atoms with E-state index in [9.17, 15) is 4.79 Å². The Bertz CT molecular complexity index is 192. The van der Waals surface area contributed by atoms with Gasteiger partial charge in [-0.3, -0.25) is 4.79 Å². The quantitative estimate of drug-likeness (QED) is 0.614. The zero-order valence-corrected chi connectivity index (χ0v) is 9.12. The van der Waals surface area contributed by atoms with Crippen molar-refractivity contribution in [3.8, 4) is 0 Å². The van der Waals surface area contributed by atoms with Gasteiger partial charge in [-0.05, 0) is 44.2 Å². The highest BCUT2D eigenvalue weighted by atomic mass is 16.4. The van der Waals surface area contributed by atoms with Crippen molar-refractivity contribution in [3.05, 3.63) is 0 Å². The molecule has 0 bridgehead atoms. The molecule has 2 unspecified atom stereocenters. The summed E-state index contributed by atoms with van der Waals surface area (Å²) in [4.78, 5) is 10.5. The van der Waals surface area contributed by atoms with Gasteiger partial charge in [0.25, 0.3) is 0 Å². The lowest BCUT2D eigenvalue weighted by Crippen LogP contribution is -2.20. The van der Waals surface area contributed by atoms with Crippen molar-refractivity contribution in [2.45, 2.75) is 33.1 Å². The molecule has 0 saturated heterocycles. The summed E-state index contributed by atoms with van der Waals surface area (Å²) in [5, 5.41) is 12.0. The van der Waals surface area contributed by atoms with Gasteiger partial charge in [0.2, 0.25) is 0 Å². The van der Waals surface area contributed by atoms with Gasteiger partial charge in [-0.1, -0.05) is 13.8 Å². The maximum Gasteiger partial charge on any atom is 0.306 e. The van der Waals surface area contributed by atoms with Crippen LogP contribution in [0.5, 0.6) is 0 Å². The van der Waals surface area contributed by atoms with Gasteiger partial charge in [0, 0.05) is 0 Å². The van der Waals surface area contributed by atoms with E-state index in [1.54, 1.807) is 0 Å². The van der Waals surface area contributed by atoms with Crippen molar-refractivity contribution in [3.63, 3.8) is 0 Å². The van der Waals surface area contributed by atoms with Crippen LogP contribution in [0.25, 0.3) is 0 Å². The summed E-state index contributed by atoms with van der Waals surface area (Å²) in [7, 11) is 0. The monoisotopic (exact) mass is 199 g/mol. The molecule has 0 amide bonds. The number of hydrogen-bond donors (Lipinski definition) is 2. The lowest BCUT2D eigenvalue weighted by molar-refractivity contribution is -0.138. The normalized spacial score (nSPS) is 25.4. The fraction of sp³-hybridized carbons (Fsp3) is 0.909. The smallest absolute Gasteiger partial charge is 0.306 e. The second-order valence-corrected chi connectivity index (χ2v) is 4.68. The van der Waals surface area contributed by atoms with Gasteiger partial charge in [-0.2, -0.15) is 0 Å². The zero-order valence-electron chi connectivity index (χ0n) is 9.12. The van der Waals surface area contributed by atoms with E-state index >= 15 is 0 Å². The summed E-state index contributed by atoms with van der Waals surface area (Å²) >= 11 is 0. The minimum absolute atomic E-state index is 0.0624. The van der Waals surface area contributed by atoms with Gasteiger partial charge in [0.05, 0.1) is 5.92 Å². The number of nitrogens with one attached hydrogen (secondary N) is 1. The van der Waals surface area contributed by atoms with E-state index in [4.69, 9.17) is 5.11 Å². The molecule has 1 aliphatic rings. The first-order chi connectivity index (χ1) is 6.61. The van der Waals surface area contributed by atoms with Crippen LogP contribution in [-0.4, -0.2) is 24.2 Å². The number of rotatable bonds is 7. The first-order valence-corrected chi connectivity index (χ1v) is 5.54. The SMILES string of the molecule is CC(C)CCCNCC1CC1C(=O)O. The minimum Gasteiger partial charge on any atom is -0.481 e. The summed E-state index contributed by atoms with van der Waals surface area (Å²) in [5.74, 6) is 0.475. The summed E-state index contributed by atoms with van der Waals surface area (Å²) in [5.41, 5.74) is 0. The van der Waals surface area contributed by atoms with E-state index in [0.29, 0.717) is 5.92 Å². The summed E-state index contributed by atoms with van der Waals surface area (Å²) < 4.78 is 0. The van der Waals surface area contributed by atoms with Crippen molar-refractivity contribution in [2.24, 2.45) is 17.8 Å². The highest BCUT2D eigenvalue weighted by Gasteiger charge is 2.42. The van der Waals surface area contributed by atoms with Crippen LogP contribution in [0.2, 0.25) is 0 Å². The highest BCUT2D eigenvalue weighted by Crippen LogP contribution is 2.37. The van der Waals surface area contributed by atoms with E-state index < -0.39 is 5.97 Å². The third-order valence-electron chi connectivity index (χ3n) is 2.78. The first kappa shape index (κ1) is 11.5. The van der Waals surface area contributed by atoms with Gasteiger partial charge in [-0.15, -0.1) is 0 Å². The van der Waals surface area contributed by atoms with Gasteiger partial charge < -0.3 is 10.4 Å². The second-order valence-electron chi connectivity index (χ2n) is 4.68. The Kier molecular flexibility index (Phi) is 4.39. The highest BCUT2D eigenvalue weighted by molar-refractivity contribution is 5.73. The zero-order chi connectivity index (χ0) is 10.6. The first-order valence-electron chi connectivity index (χ1n) is 5.54. The summed E-state index contributed by atoms with van der Waals surface area (Å²) in [6.07, 6.45) is 3.31. The fourth-order valence-corrected chi connectivity index (χ4v) is 1.70. The Hall–Kier alpha value is -0.570. The van der Waals surface area contributed by atoms with Crippen LogP contribution in [0.1, 0.15) is 33.1 Å². The molecule has 2 N–H and O–H groups in total. The lowest BCUT2D eigenvalue weighted by Gasteiger charge is -2.05. The Balaban J connectivity index is 1.89. The molecule has 2 atom stereocenters. The number of carboxylic acid groups (broad SMARTS) is 1. The number of carboxylic acids is 1. The Morgan fingerprint density at radius 2 is 2.29 bits per heavy atom. The standard InChI is InChI=1S/C11H21NO2/c1-8(2)4-3-5-12-7-9-6-10(9)11(13)14/h8-10,12H,3-7H2,1-2H3,(H,13,14). The van der Waals surface area contributed by atoms with E-state index in [1.165, 1.54) is 12.8 Å². The predicted molar refractivity (Wildman–Crippen MR) is 56.2 cm³/mol. The molecule has 1 rings (SSSR count). The molecule has 82 valence electrons. The molecule has 0 aliphatic heterocycles. The Labute approximate surface area is 85.9 Å². The maximum atomic E-state index is 10.5. The number of aliphatic carboxylic acids is 1. The average Bonchev–Trinajstić information content (AvgIpc) is 2.82. The van der Waals surface area contributed by atoms with Crippen molar-refractivity contribution in [2.75, 3.05) is 13.1 Å². The minimum atomic E-state index is -0.626. The third kappa shape index (κ3) is 4.09. The molecule has 3 nitrogen and oxygen atoms in total. The molecule has 0 heterocycles. The van der Waals surface area contributed by atoms with Gasteiger partial charge in [0.1, 0.15) is 0 Å². The van der Waals surface area contributed by atoms with Crippen LogP contribution in [0.3, 0.4) is 0 Å². The van der Waals surface area contributed by atoms with E-state index in [0.717, 1.165) is 25.4 Å². The Morgan fingerprint density at radius 1 is 1.57 bits per heavy atom. The van der Waals surface area contributed by atoms with Crippen LogP contribution in [-0.2, 0) is 4.79 Å². The van der Waals surface area contributed by atoms with Crippen molar-refractivity contribution < 1.29 is 9.90 Å². The van der Waals surface area contributed by atoms with Crippen molar-refractivity contribution >= 4 is 5.97 Å². The molecule has 0 radical (unpaired) electrons. The number of carbonyl (C=O) groups is 1. The molecule has 1 saturated carbocycles. The van der Waals surface area contributed by atoms with Gasteiger partial charge in [0.15, 0.2) is 0 Å². The van der Waals surface area contributed by atoms with Crippen LogP contribution in [0.15, 0.2) is 0 Å². The largest absolute Gasteiger partial charge is 0.481 e. The van der Waals surface area contributed by atoms with E-state index in [1.807, 2.05) is 0 Å². The lowest BCUT2D eigenvalue weighted by atomic mass is 10.1. The topological polar surface area (TPSA) is 49.3 Å². The van der Waals surface area contributed by atoms with Gasteiger partial charge in [-0.25, -0.2) is 0 Å².